The molecule has 2 rings (SSSR count). The fourth-order valence-electron chi connectivity index (χ4n) is 1.38. The quantitative estimate of drug-likeness (QED) is 0.669. The van der Waals surface area contributed by atoms with Gasteiger partial charge in [0.15, 0.2) is 0 Å². The van der Waals surface area contributed by atoms with Gasteiger partial charge in [0.1, 0.15) is 5.82 Å². The number of nitrogen functional groups attached to an aromatic ring is 1. The van der Waals surface area contributed by atoms with E-state index in [9.17, 15) is 4.39 Å². The van der Waals surface area contributed by atoms with Crippen LogP contribution >= 0.6 is 0 Å². The maximum absolute atomic E-state index is 12.6. The molecule has 0 saturated heterocycles. The number of hydrogen-bond acceptors (Lipinski definition) is 1. The van der Waals surface area contributed by atoms with Crippen molar-refractivity contribution in [1.29, 1.82) is 0 Å². The number of hydrogen-bond donors (Lipinski definition) is 1. The van der Waals surface area contributed by atoms with Gasteiger partial charge in [-0.3, -0.25) is 0 Å². The Bertz CT molecular complexity index is 292. The first-order chi connectivity index (χ1) is 5.75. The molecule has 0 heterocycles. The van der Waals surface area contributed by atoms with Gasteiger partial charge >= 0.3 is 0 Å². The minimum atomic E-state index is -0.243. The predicted molar refractivity (Wildman–Crippen MR) is 47.2 cm³/mol. The van der Waals surface area contributed by atoms with Gasteiger partial charge in [0.2, 0.25) is 0 Å². The molecular formula is C10H12FN. The minimum Gasteiger partial charge on any atom is -0.398 e. The number of benzene rings is 1. The number of halogens is 1. The summed E-state index contributed by atoms with van der Waals surface area (Å²) < 4.78 is 12.6. The Labute approximate surface area is 71.4 Å². The molecule has 0 radical (unpaired) electrons. The van der Waals surface area contributed by atoms with Crippen LogP contribution in [0.5, 0.6) is 0 Å². The van der Waals surface area contributed by atoms with Crippen LogP contribution in [0.25, 0.3) is 0 Å². The molecule has 0 spiro atoms. The van der Waals surface area contributed by atoms with Gasteiger partial charge in [-0.05, 0) is 42.9 Å². The second kappa shape index (κ2) is 2.77. The summed E-state index contributed by atoms with van der Waals surface area (Å²) in [6.45, 7) is 0. The average Bonchev–Trinajstić information content (AvgIpc) is 2.79. The summed E-state index contributed by atoms with van der Waals surface area (Å²) in [7, 11) is 0. The van der Waals surface area contributed by atoms with Crippen LogP contribution in [0.3, 0.4) is 0 Å². The van der Waals surface area contributed by atoms with Crippen molar-refractivity contribution in [3.05, 3.63) is 29.6 Å². The van der Waals surface area contributed by atoms with E-state index in [1.807, 2.05) is 0 Å². The molecule has 0 bridgehead atoms. The van der Waals surface area contributed by atoms with Crippen LogP contribution in [0.15, 0.2) is 18.2 Å². The lowest BCUT2D eigenvalue weighted by molar-refractivity contribution is 0.627. The molecule has 0 amide bonds. The summed E-state index contributed by atoms with van der Waals surface area (Å²) >= 11 is 0. The second-order valence-electron chi connectivity index (χ2n) is 3.49. The van der Waals surface area contributed by atoms with Crippen LogP contribution in [0.4, 0.5) is 10.1 Å². The Balaban J connectivity index is 2.18. The van der Waals surface area contributed by atoms with Gasteiger partial charge in [0.05, 0.1) is 0 Å². The lowest BCUT2D eigenvalue weighted by Crippen LogP contribution is -1.96. The van der Waals surface area contributed by atoms with Crippen molar-refractivity contribution in [2.75, 3.05) is 5.73 Å². The topological polar surface area (TPSA) is 26.0 Å². The molecular weight excluding hydrogens is 153 g/mol. The van der Waals surface area contributed by atoms with E-state index >= 15 is 0 Å². The first-order valence-electron chi connectivity index (χ1n) is 4.29. The molecule has 0 atom stereocenters. The van der Waals surface area contributed by atoms with Crippen molar-refractivity contribution in [2.24, 2.45) is 5.92 Å². The third-order valence-corrected chi connectivity index (χ3v) is 2.31. The molecule has 12 heavy (non-hydrogen) atoms. The first kappa shape index (κ1) is 7.59. The average molecular weight is 165 g/mol. The third-order valence-electron chi connectivity index (χ3n) is 2.31. The van der Waals surface area contributed by atoms with E-state index in [2.05, 4.69) is 0 Å². The highest BCUT2D eigenvalue weighted by Gasteiger charge is 2.22. The fraction of sp³-hybridized carbons (Fsp3) is 0.400. The molecule has 1 aromatic carbocycles. The van der Waals surface area contributed by atoms with Crippen LogP contribution in [0.1, 0.15) is 18.4 Å². The molecule has 1 fully saturated rings. The third kappa shape index (κ3) is 1.58. The SMILES string of the molecule is Nc1cc(F)ccc1CC1CC1. The number of rotatable bonds is 2. The van der Waals surface area contributed by atoms with E-state index < -0.39 is 0 Å². The van der Waals surface area contributed by atoms with Crippen molar-refractivity contribution < 1.29 is 4.39 Å². The Hall–Kier alpha value is -1.05. The maximum Gasteiger partial charge on any atom is 0.125 e. The Kier molecular flexibility index (Phi) is 1.75. The van der Waals surface area contributed by atoms with Crippen molar-refractivity contribution in [1.82, 2.24) is 0 Å². The highest BCUT2D eigenvalue weighted by molar-refractivity contribution is 5.47. The van der Waals surface area contributed by atoms with Crippen molar-refractivity contribution in [3.63, 3.8) is 0 Å². The molecule has 64 valence electrons. The molecule has 0 unspecified atom stereocenters. The molecule has 0 aromatic heterocycles. The summed E-state index contributed by atoms with van der Waals surface area (Å²) in [6.07, 6.45) is 3.62. The highest BCUT2D eigenvalue weighted by Crippen LogP contribution is 2.34. The van der Waals surface area contributed by atoms with Crippen LogP contribution in [0, 0.1) is 11.7 Å². The van der Waals surface area contributed by atoms with Gasteiger partial charge in [-0.15, -0.1) is 0 Å². The van der Waals surface area contributed by atoms with Crippen molar-refractivity contribution >= 4 is 5.69 Å². The molecule has 0 aliphatic heterocycles. The smallest absolute Gasteiger partial charge is 0.125 e. The predicted octanol–water partition coefficient (Wildman–Crippen LogP) is 2.36. The van der Waals surface area contributed by atoms with E-state index in [0.717, 1.165) is 17.9 Å². The monoisotopic (exact) mass is 165 g/mol. The van der Waals surface area contributed by atoms with E-state index in [0.29, 0.717) is 5.69 Å². The molecule has 2 heteroatoms. The van der Waals surface area contributed by atoms with Crippen LogP contribution in [0.2, 0.25) is 0 Å². The molecule has 1 saturated carbocycles. The first-order valence-corrected chi connectivity index (χ1v) is 4.29. The number of nitrogens with two attached hydrogens (primary N) is 1. The van der Waals surface area contributed by atoms with Gasteiger partial charge in [0.25, 0.3) is 0 Å². The van der Waals surface area contributed by atoms with Crippen LogP contribution in [-0.2, 0) is 6.42 Å². The van der Waals surface area contributed by atoms with Gasteiger partial charge in [-0.25, -0.2) is 4.39 Å². The molecule has 2 N–H and O–H groups in total. The molecule has 1 aliphatic carbocycles. The van der Waals surface area contributed by atoms with Gasteiger partial charge in [-0.1, -0.05) is 6.07 Å². The van der Waals surface area contributed by atoms with Gasteiger partial charge in [0, 0.05) is 5.69 Å². The minimum absolute atomic E-state index is 0.243. The maximum atomic E-state index is 12.6. The largest absolute Gasteiger partial charge is 0.398 e. The lowest BCUT2D eigenvalue weighted by Gasteiger charge is -2.03. The van der Waals surface area contributed by atoms with Gasteiger partial charge in [-0.2, -0.15) is 0 Å². The number of anilines is 1. The summed E-state index contributed by atoms with van der Waals surface area (Å²) in [5.41, 5.74) is 7.35. The highest BCUT2D eigenvalue weighted by atomic mass is 19.1. The molecule has 1 nitrogen and oxygen atoms in total. The zero-order valence-corrected chi connectivity index (χ0v) is 6.89. The van der Waals surface area contributed by atoms with Crippen LogP contribution in [-0.4, -0.2) is 0 Å². The van der Waals surface area contributed by atoms with Crippen LogP contribution < -0.4 is 5.73 Å². The van der Waals surface area contributed by atoms with E-state index in [4.69, 9.17) is 5.73 Å². The van der Waals surface area contributed by atoms with E-state index in [1.54, 1.807) is 6.07 Å². The lowest BCUT2D eigenvalue weighted by atomic mass is 10.1. The normalized spacial score (nSPS) is 16.4. The Morgan fingerprint density at radius 1 is 1.42 bits per heavy atom. The summed E-state index contributed by atoms with van der Waals surface area (Å²) in [4.78, 5) is 0. The van der Waals surface area contributed by atoms with Crippen molar-refractivity contribution in [2.45, 2.75) is 19.3 Å². The van der Waals surface area contributed by atoms with Crippen molar-refractivity contribution in [3.8, 4) is 0 Å². The zero-order chi connectivity index (χ0) is 8.55. The standard InChI is InChI=1S/C10H12FN/c11-9-4-3-8(10(12)6-9)5-7-1-2-7/h3-4,6-7H,1-2,5,12H2. The Morgan fingerprint density at radius 3 is 2.75 bits per heavy atom. The summed E-state index contributed by atoms with van der Waals surface area (Å²) in [5.74, 6) is 0.560. The molecule has 1 aliphatic rings. The van der Waals surface area contributed by atoms with E-state index in [-0.39, 0.29) is 5.82 Å². The summed E-state index contributed by atoms with van der Waals surface area (Å²) in [5, 5.41) is 0. The summed E-state index contributed by atoms with van der Waals surface area (Å²) in [6, 6.07) is 4.68. The second-order valence-corrected chi connectivity index (χ2v) is 3.49. The zero-order valence-electron chi connectivity index (χ0n) is 6.89. The van der Waals surface area contributed by atoms with Gasteiger partial charge < -0.3 is 5.73 Å². The fourth-order valence-corrected chi connectivity index (χ4v) is 1.38. The molecule has 1 aromatic rings. The Morgan fingerprint density at radius 2 is 2.17 bits per heavy atom. The van der Waals surface area contributed by atoms with E-state index in [1.165, 1.54) is 25.0 Å².